The van der Waals surface area contributed by atoms with Crippen LogP contribution in [0.3, 0.4) is 0 Å². The van der Waals surface area contributed by atoms with Gasteiger partial charge in [0.2, 0.25) is 11.8 Å². The Morgan fingerprint density at radius 3 is 2.48 bits per heavy atom. The summed E-state index contributed by atoms with van der Waals surface area (Å²) >= 11 is 1.69. The lowest BCUT2D eigenvalue weighted by molar-refractivity contribution is -0.139. The van der Waals surface area contributed by atoms with Crippen molar-refractivity contribution in [2.45, 2.75) is 25.7 Å². The second-order valence-corrected chi connectivity index (χ2v) is 8.93. The number of carbonyl (C=O) groups is 2. The zero-order valence-corrected chi connectivity index (χ0v) is 16.8. The van der Waals surface area contributed by atoms with Gasteiger partial charge in [-0.2, -0.15) is 11.3 Å². The van der Waals surface area contributed by atoms with Gasteiger partial charge in [-0.25, -0.2) is 0 Å². The summed E-state index contributed by atoms with van der Waals surface area (Å²) in [6.45, 7) is 1.24. The molecule has 1 atom stereocenters. The number of carbonyl (C=O) groups excluding carboxylic acids is 2. The van der Waals surface area contributed by atoms with Crippen molar-refractivity contribution in [2.75, 3.05) is 27.2 Å². The van der Waals surface area contributed by atoms with Gasteiger partial charge >= 0.3 is 0 Å². The fourth-order valence-corrected chi connectivity index (χ4v) is 4.82. The van der Waals surface area contributed by atoms with Gasteiger partial charge in [0, 0.05) is 33.1 Å². The van der Waals surface area contributed by atoms with E-state index in [1.54, 1.807) is 16.2 Å². The van der Waals surface area contributed by atoms with E-state index in [9.17, 15) is 9.59 Å². The van der Waals surface area contributed by atoms with Gasteiger partial charge in [0.05, 0.1) is 5.41 Å². The Bertz CT molecular complexity index is 825. The molecule has 0 N–H and O–H groups in total. The SMILES string of the molecule is CN(C)C(=O)C1(Cc2ccc(-c3ccsc3)cc2)CCN(C(=O)C2CC2)C1. The van der Waals surface area contributed by atoms with E-state index in [1.165, 1.54) is 11.1 Å². The van der Waals surface area contributed by atoms with Gasteiger partial charge in [0.15, 0.2) is 0 Å². The van der Waals surface area contributed by atoms with Gasteiger partial charge in [0.1, 0.15) is 0 Å². The molecule has 0 radical (unpaired) electrons. The Labute approximate surface area is 164 Å². The topological polar surface area (TPSA) is 40.6 Å². The van der Waals surface area contributed by atoms with E-state index in [2.05, 4.69) is 41.1 Å². The molecule has 4 rings (SSSR count). The Hall–Kier alpha value is -2.14. The number of benzene rings is 1. The van der Waals surface area contributed by atoms with Crippen LogP contribution in [0.25, 0.3) is 11.1 Å². The smallest absolute Gasteiger partial charge is 0.230 e. The first-order valence-corrected chi connectivity index (χ1v) is 10.5. The molecule has 1 aliphatic carbocycles. The average Bonchev–Trinajstić information content (AvgIpc) is 3.20. The lowest BCUT2D eigenvalue weighted by Crippen LogP contribution is -2.44. The average molecular weight is 383 g/mol. The van der Waals surface area contributed by atoms with Crippen LogP contribution in [0.2, 0.25) is 0 Å². The second-order valence-electron chi connectivity index (χ2n) is 8.15. The number of hydrogen-bond acceptors (Lipinski definition) is 3. The highest BCUT2D eigenvalue weighted by Crippen LogP contribution is 2.39. The van der Waals surface area contributed by atoms with Crippen molar-refractivity contribution in [3.05, 3.63) is 46.7 Å². The molecule has 1 aromatic heterocycles. The molecule has 142 valence electrons. The van der Waals surface area contributed by atoms with Crippen molar-refractivity contribution >= 4 is 23.2 Å². The van der Waals surface area contributed by atoms with E-state index in [1.807, 2.05) is 19.0 Å². The minimum Gasteiger partial charge on any atom is -0.348 e. The van der Waals surface area contributed by atoms with Crippen LogP contribution in [-0.4, -0.2) is 48.8 Å². The van der Waals surface area contributed by atoms with Gasteiger partial charge in [0.25, 0.3) is 0 Å². The standard InChI is InChI=1S/C22H26N2O2S/c1-23(2)21(26)22(10-11-24(15-22)20(25)18-7-8-18)13-16-3-5-17(6-4-16)19-9-12-27-14-19/h3-6,9,12,14,18H,7-8,10-11,13,15H2,1-2H3. The number of nitrogens with zero attached hydrogens (tertiary/aromatic N) is 2. The molecule has 5 heteroatoms. The third kappa shape index (κ3) is 3.65. The summed E-state index contributed by atoms with van der Waals surface area (Å²) in [6, 6.07) is 10.6. The van der Waals surface area contributed by atoms with E-state index in [0.717, 1.165) is 24.8 Å². The third-order valence-electron chi connectivity index (χ3n) is 5.80. The van der Waals surface area contributed by atoms with Crippen molar-refractivity contribution in [3.63, 3.8) is 0 Å². The van der Waals surface area contributed by atoms with Gasteiger partial charge < -0.3 is 9.80 Å². The van der Waals surface area contributed by atoms with Crippen LogP contribution in [0, 0.1) is 11.3 Å². The monoisotopic (exact) mass is 382 g/mol. The number of rotatable bonds is 5. The Kier molecular flexibility index (Phi) is 4.81. The van der Waals surface area contributed by atoms with E-state index in [0.29, 0.717) is 19.5 Å². The van der Waals surface area contributed by atoms with E-state index in [4.69, 9.17) is 0 Å². The molecule has 4 nitrogen and oxygen atoms in total. The zero-order valence-electron chi connectivity index (χ0n) is 16.0. The Balaban J connectivity index is 1.55. The molecular formula is C22H26N2O2S. The van der Waals surface area contributed by atoms with Crippen LogP contribution in [0.4, 0.5) is 0 Å². The molecule has 2 aliphatic rings. The highest BCUT2D eigenvalue weighted by Gasteiger charge is 2.48. The van der Waals surface area contributed by atoms with E-state index >= 15 is 0 Å². The largest absolute Gasteiger partial charge is 0.348 e. The van der Waals surface area contributed by atoms with Gasteiger partial charge in [-0.05, 0) is 59.2 Å². The first-order valence-electron chi connectivity index (χ1n) is 9.61. The fraction of sp³-hybridized carbons (Fsp3) is 0.455. The summed E-state index contributed by atoms with van der Waals surface area (Å²) in [5.74, 6) is 0.590. The minimum absolute atomic E-state index is 0.135. The minimum atomic E-state index is -0.502. The molecule has 2 heterocycles. The second kappa shape index (κ2) is 7.12. The van der Waals surface area contributed by atoms with Crippen molar-refractivity contribution in [2.24, 2.45) is 11.3 Å². The maximum atomic E-state index is 13.1. The maximum absolute atomic E-state index is 13.1. The molecule has 1 saturated heterocycles. The van der Waals surface area contributed by atoms with Crippen LogP contribution in [-0.2, 0) is 16.0 Å². The molecule has 2 aromatic rings. The molecule has 1 unspecified atom stereocenters. The summed E-state index contributed by atoms with van der Waals surface area (Å²) in [5, 5.41) is 4.22. The fourth-order valence-electron chi connectivity index (χ4n) is 4.15. The molecule has 0 spiro atoms. The summed E-state index contributed by atoms with van der Waals surface area (Å²) in [7, 11) is 3.63. The molecule has 0 bridgehead atoms. The molecule has 2 amide bonds. The highest BCUT2D eigenvalue weighted by atomic mass is 32.1. The highest BCUT2D eigenvalue weighted by molar-refractivity contribution is 7.08. The van der Waals surface area contributed by atoms with Crippen LogP contribution >= 0.6 is 11.3 Å². The summed E-state index contributed by atoms with van der Waals surface area (Å²) in [6.07, 6.45) is 3.44. The van der Waals surface area contributed by atoms with Gasteiger partial charge in [-0.15, -0.1) is 0 Å². The predicted octanol–water partition coefficient (Wildman–Crippen LogP) is 3.67. The van der Waals surface area contributed by atoms with E-state index in [-0.39, 0.29) is 17.7 Å². The van der Waals surface area contributed by atoms with Crippen molar-refractivity contribution in [3.8, 4) is 11.1 Å². The molecule has 2 fully saturated rings. The Morgan fingerprint density at radius 2 is 1.89 bits per heavy atom. The first kappa shape index (κ1) is 18.2. The number of hydrogen-bond donors (Lipinski definition) is 0. The van der Waals surface area contributed by atoms with Crippen molar-refractivity contribution in [1.29, 1.82) is 0 Å². The van der Waals surface area contributed by atoms with Crippen LogP contribution in [0.1, 0.15) is 24.8 Å². The third-order valence-corrected chi connectivity index (χ3v) is 6.49. The van der Waals surface area contributed by atoms with Gasteiger partial charge in [-0.3, -0.25) is 9.59 Å². The zero-order chi connectivity index (χ0) is 19.0. The molecule has 1 aromatic carbocycles. The first-order chi connectivity index (χ1) is 13.0. The predicted molar refractivity (Wildman–Crippen MR) is 109 cm³/mol. The lowest BCUT2D eigenvalue weighted by atomic mass is 9.79. The summed E-state index contributed by atoms with van der Waals surface area (Å²) in [5.41, 5.74) is 3.08. The van der Waals surface area contributed by atoms with Gasteiger partial charge in [-0.1, -0.05) is 24.3 Å². The van der Waals surface area contributed by atoms with Crippen molar-refractivity contribution < 1.29 is 9.59 Å². The maximum Gasteiger partial charge on any atom is 0.230 e. The van der Waals surface area contributed by atoms with Crippen LogP contribution in [0.5, 0.6) is 0 Å². The Morgan fingerprint density at radius 1 is 1.15 bits per heavy atom. The number of amides is 2. The molecule has 1 aliphatic heterocycles. The quantitative estimate of drug-likeness (QED) is 0.792. The van der Waals surface area contributed by atoms with E-state index < -0.39 is 5.41 Å². The summed E-state index contributed by atoms with van der Waals surface area (Å²) in [4.78, 5) is 29.2. The molecule has 27 heavy (non-hydrogen) atoms. The lowest BCUT2D eigenvalue weighted by Gasteiger charge is -2.31. The summed E-state index contributed by atoms with van der Waals surface area (Å²) < 4.78 is 0. The van der Waals surface area contributed by atoms with Crippen LogP contribution < -0.4 is 0 Å². The molecule has 1 saturated carbocycles. The van der Waals surface area contributed by atoms with Crippen LogP contribution in [0.15, 0.2) is 41.1 Å². The normalized spacial score (nSPS) is 22.1. The molecular weight excluding hydrogens is 356 g/mol. The van der Waals surface area contributed by atoms with Crippen molar-refractivity contribution in [1.82, 2.24) is 9.80 Å². The number of thiophene rings is 1. The number of likely N-dealkylation sites (tertiary alicyclic amines) is 1.